The number of anilines is 1. The standard InChI is InChI=1S/C27H35F2N5O3S/c1-4-19(14-5-6-14)32-20-11-17(23(28)29)18(12-30-20)22-21(26(36)34-15-7-8-16(34)10-9-15)33-25(38-22)24(35)31-13-27(2,3)37/h11-12,14-16,19,23,37H,4-10,13H2,1-3H3,(H,30,32)(H,31,35)/t15?,16?,19-/m0/s1. The molecule has 4 heterocycles. The maximum Gasteiger partial charge on any atom is 0.280 e. The van der Waals surface area contributed by atoms with Gasteiger partial charge in [0.2, 0.25) is 0 Å². The van der Waals surface area contributed by atoms with Gasteiger partial charge in [-0.1, -0.05) is 6.92 Å². The van der Waals surface area contributed by atoms with Crippen molar-refractivity contribution in [2.75, 3.05) is 11.9 Å². The number of alkyl halides is 2. The minimum absolute atomic E-state index is 0.0102. The van der Waals surface area contributed by atoms with Crippen molar-refractivity contribution in [1.82, 2.24) is 20.2 Å². The fourth-order valence-electron chi connectivity index (χ4n) is 5.65. The predicted octanol–water partition coefficient (Wildman–Crippen LogP) is 5.01. The van der Waals surface area contributed by atoms with Crippen LogP contribution >= 0.6 is 11.3 Å². The van der Waals surface area contributed by atoms with E-state index >= 15 is 0 Å². The van der Waals surface area contributed by atoms with Gasteiger partial charge in [0.1, 0.15) is 11.5 Å². The Bertz CT molecular complexity index is 1190. The van der Waals surface area contributed by atoms with Crippen molar-refractivity contribution in [2.45, 2.75) is 95.9 Å². The molecule has 3 N–H and O–H groups in total. The summed E-state index contributed by atoms with van der Waals surface area (Å²) < 4.78 is 28.8. The van der Waals surface area contributed by atoms with Gasteiger partial charge in [-0.15, -0.1) is 11.3 Å². The van der Waals surface area contributed by atoms with Crippen molar-refractivity contribution < 1.29 is 23.5 Å². The average molecular weight is 548 g/mol. The zero-order valence-electron chi connectivity index (χ0n) is 22.0. The highest BCUT2D eigenvalue weighted by Crippen LogP contribution is 2.43. The zero-order chi connectivity index (χ0) is 27.2. The maximum atomic E-state index is 14.4. The van der Waals surface area contributed by atoms with Gasteiger partial charge in [0.05, 0.1) is 10.5 Å². The minimum Gasteiger partial charge on any atom is -0.389 e. The molecule has 206 valence electrons. The third kappa shape index (κ3) is 5.54. The number of carbonyl (C=O) groups excluding carboxylic acids is 2. The zero-order valence-corrected chi connectivity index (χ0v) is 22.8. The van der Waals surface area contributed by atoms with Gasteiger partial charge in [0.25, 0.3) is 18.2 Å². The first-order valence-corrected chi connectivity index (χ1v) is 14.3. The molecule has 3 fully saturated rings. The Balaban J connectivity index is 1.52. The highest BCUT2D eigenvalue weighted by Gasteiger charge is 2.44. The molecule has 8 nitrogen and oxygen atoms in total. The number of thiazole rings is 1. The molecule has 2 bridgehead atoms. The largest absolute Gasteiger partial charge is 0.389 e. The third-order valence-corrected chi connectivity index (χ3v) is 8.86. The van der Waals surface area contributed by atoms with E-state index in [9.17, 15) is 23.5 Å². The number of nitrogens with one attached hydrogen (secondary N) is 2. The lowest BCUT2D eigenvalue weighted by Crippen LogP contribution is -2.38. The molecular formula is C27H35F2N5O3S. The molecule has 2 amide bonds. The third-order valence-electron chi connectivity index (χ3n) is 7.77. The van der Waals surface area contributed by atoms with E-state index in [1.54, 1.807) is 13.8 Å². The van der Waals surface area contributed by atoms with Crippen LogP contribution in [0.2, 0.25) is 0 Å². The Labute approximate surface area is 225 Å². The van der Waals surface area contributed by atoms with Gasteiger partial charge in [-0.25, -0.2) is 18.7 Å². The molecule has 0 aromatic carbocycles. The Morgan fingerprint density at radius 3 is 2.39 bits per heavy atom. The van der Waals surface area contributed by atoms with Gasteiger partial charge in [-0.3, -0.25) is 9.59 Å². The molecule has 38 heavy (non-hydrogen) atoms. The SMILES string of the molecule is CC[C@H](Nc1cc(C(F)F)c(-c2sc(C(=O)NCC(C)(C)O)nc2C(=O)N2C3CCC2CC3)cn1)C1CC1. The molecular weight excluding hydrogens is 512 g/mol. The van der Waals surface area contributed by atoms with Crippen LogP contribution in [0.25, 0.3) is 10.4 Å². The molecule has 2 aromatic rings. The van der Waals surface area contributed by atoms with E-state index in [0.29, 0.717) is 11.7 Å². The topological polar surface area (TPSA) is 107 Å². The van der Waals surface area contributed by atoms with Gasteiger partial charge < -0.3 is 20.6 Å². The van der Waals surface area contributed by atoms with Crippen LogP contribution in [0.1, 0.15) is 98.0 Å². The van der Waals surface area contributed by atoms with Crippen LogP contribution in [0.4, 0.5) is 14.6 Å². The summed E-state index contributed by atoms with van der Waals surface area (Å²) in [6, 6.07) is 1.76. The first-order valence-electron chi connectivity index (χ1n) is 13.4. The lowest BCUT2D eigenvalue weighted by Gasteiger charge is -2.22. The van der Waals surface area contributed by atoms with Gasteiger partial charge in [0, 0.05) is 42.0 Å². The molecule has 5 rings (SSSR count). The fraction of sp³-hybridized carbons (Fsp3) is 0.630. The number of halogens is 2. The van der Waals surface area contributed by atoms with Gasteiger partial charge >= 0.3 is 0 Å². The van der Waals surface area contributed by atoms with Gasteiger partial charge in [-0.2, -0.15) is 0 Å². The van der Waals surface area contributed by atoms with E-state index in [-0.39, 0.29) is 57.3 Å². The lowest BCUT2D eigenvalue weighted by molar-refractivity contribution is 0.0692. The number of hydrogen-bond donors (Lipinski definition) is 3. The minimum atomic E-state index is -2.81. The summed E-state index contributed by atoms with van der Waals surface area (Å²) >= 11 is 0.906. The molecule has 2 aliphatic heterocycles. The van der Waals surface area contributed by atoms with Crippen LogP contribution in [0.5, 0.6) is 0 Å². The van der Waals surface area contributed by atoms with Crippen LogP contribution in [-0.2, 0) is 0 Å². The molecule has 11 heteroatoms. The number of fused-ring (bicyclic) bond motifs is 2. The van der Waals surface area contributed by atoms with Crippen molar-refractivity contribution in [1.29, 1.82) is 0 Å². The van der Waals surface area contributed by atoms with Crippen LogP contribution in [0.3, 0.4) is 0 Å². The Morgan fingerprint density at radius 1 is 1.18 bits per heavy atom. The number of nitrogens with zero attached hydrogens (tertiary/aromatic N) is 3. The van der Waals surface area contributed by atoms with Crippen molar-refractivity contribution >= 4 is 29.0 Å². The van der Waals surface area contributed by atoms with Gasteiger partial charge in [-0.05, 0) is 70.8 Å². The second-order valence-electron chi connectivity index (χ2n) is 11.3. The summed E-state index contributed by atoms with van der Waals surface area (Å²) in [4.78, 5) is 37.5. The van der Waals surface area contributed by atoms with Crippen molar-refractivity contribution in [3.8, 4) is 10.4 Å². The predicted molar refractivity (Wildman–Crippen MR) is 142 cm³/mol. The van der Waals surface area contributed by atoms with E-state index in [1.807, 2.05) is 4.90 Å². The Morgan fingerprint density at radius 2 is 1.84 bits per heavy atom. The summed E-state index contributed by atoms with van der Waals surface area (Å²) in [6.07, 6.45) is 5.32. The summed E-state index contributed by atoms with van der Waals surface area (Å²) in [5.41, 5.74) is -1.27. The molecule has 2 aromatic heterocycles. The fourth-order valence-corrected chi connectivity index (χ4v) is 6.65. The molecule has 1 atom stereocenters. The van der Waals surface area contributed by atoms with Crippen molar-refractivity contribution in [3.63, 3.8) is 0 Å². The highest BCUT2D eigenvalue weighted by molar-refractivity contribution is 7.17. The summed E-state index contributed by atoms with van der Waals surface area (Å²) in [7, 11) is 0. The number of amides is 2. The molecule has 0 unspecified atom stereocenters. The number of pyridine rings is 1. The maximum absolute atomic E-state index is 14.4. The summed E-state index contributed by atoms with van der Waals surface area (Å²) in [6.45, 7) is 5.15. The number of aromatic nitrogens is 2. The summed E-state index contributed by atoms with van der Waals surface area (Å²) in [5.74, 6) is 0.00999. The van der Waals surface area contributed by atoms with Gasteiger partial charge in [0.15, 0.2) is 5.01 Å². The second-order valence-corrected chi connectivity index (χ2v) is 12.3. The van der Waals surface area contributed by atoms with Crippen molar-refractivity contribution in [3.05, 3.63) is 28.5 Å². The van der Waals surface area contributed by atoms with E-state index in [4.69, 9.17) is 0 Å². The number of rotatable bonds is 10. The normalized spacial score (nSPS) is 21.7. The average Bonchev–Trinajstić information content (AvgIpc) is 3.32. The first kappa shape index (κ1) is 26.9. The molecule has 1 aliphatic carbocycles. The first-order chi connectivity index (χ1) is 18.1. The molecule has 1 saturated carbocycles. The smallest absolute Gasteiger partial charge is 0.280 e. The Hall–Kier alpha value is -2.66. The highest BCUT2D eigenvalue weighted by atomic mass is 32.1. The molecule has 0 spiro atoms. The molecule has 3 aliphatic rings. The van der Waals surface area contributed by atoms with E-state index in [2.05, 4.69) is 27.5 Å². The quantitative estimate of drug-likeness (QED) is 0.386. The second kappa shape index (κ2) is 10.5. The number of hydrogen-bond acceptors (Lipinski definition) is 7. The van der Waals surface area contributed by atoms with Crippen LogP contribution in [0.15, 0.2) is 12.3 Å². The van der Waals surface area contributed by atoms with Crippen molar-refractivity contribution in [2.24, 2.45) is 5.92 Å². The van der Waals surface area contributed by atoms with E-state index in [0.717, 1.165) is 56.3 Å². The number of aliphatic hydroxyl groups is 1. The van der Waals surface area contributed by atoms with Crippen LogP contribution in [-0.4, -0.2) is 62.1 Å². The number of carbonyl (C=O) groups is 2. The molecule has 2 saturated heterocycles. The van der Waals surface area contributed by atoms with Crippen LogP contribution in [0, 0.1) is 5.92 Å². The lowest BCUT2D eigenvalue weighted by atomic mass is 10.0. The Kier molecular flexibility index (Phi) is 7.43. The van der Waals surface area contributed by atoms with Crippen LogP contribution < -0.4 is 10.6 Å². The van der Waals surface area contributed by atoms with E-state index in [1.165, 1.54) is 12.3 Å². The monoisotopic (exact) mass is 547 g/mol. The summed E-state index contributed by atoms with van der Waals surface area (Å²) in [5, 5.41) is 15.9. The molecule has 0 radical (unpaired) electrons. The van der Waals surface area contributed by atoms with E-state index < -0.39 is 17.9 Å².